The van der Waals surface area contributed by atoms with Gasteiger partial charge in [-0.25, -0.2) is 8.42 Å². The van der Waals surface area contributed by atoms with Crippen LogP contribution in [0.3, 0.4) is 0 Å². The minimum Gasteiger partial charge on any atom is -0.289 e. The third kappa shape index (κ3) is 4.28. The lowest BCUT2D eigenvalue weighted by molar-refractivity contribution is 0.103. The van der Waals surface area contributed by atoms with Crippen molar-refractivity contribution in [3.63, 3.8) is 0 Å². The number of hydrogen-bond acceptors (Lipinski definition) is 3. The lowest BCUT2D eigenvalue weighted by Crippen LogP contribution is -2.14. The standard InChI is InChI=1S/C15H14INO3S/c1-2-21(19,20)17-14-9-5-12(6-10-14)15(18)11-3-7-13(16)8-4-11/h3-10,17H,2H2,1H3. The van der Waals surface area contributed by atoms with Gasteiger partial charge in [-0.05, 0) is 78.0 Å². The molecule has 0 radical (unpaired) electrons. The maximum Gasteiger partial charge on any atom is 0.232 e. The Bertz CT molecular complexity index is 737. The van der Waals surface area contributed by atoms with Gasteiger partial charge in [0.15, 0.2) is 5.78 Å². The van der Waals surface area contributed by atoms with Crippen LogP contribution >= 0.6 is 22.6 Å². The maximum absolute atomic E-state index is 12.3. The fourth-order valence-electron chi connectivity index (χ4n) is 1.71. The second-order valence-electron chi connectivity index (χ2n) is 4.42. The topological polar surface area (TPSA) is 63.2 Å². The summed E-state index contributed by atoms with van der Waals surface area (Å²) in [6.07, 6.45) is 0. The van der Waals surface area contributed by atoms with Gasteiger partial charge in [0.1, 0.15) is 0 Å². The molecule has 0 aliphatic carbocycles. The van der Waals surface area contributed by atoms with Gasteiger partial charge >= 0.3 is 0 Å². The van der Waals surface area contributed by atoms with Crippen LogP contribution in [0.15, 0.2) is 48.5 Å². The van der Waals surface area contributed by atoms with Crippen LogP contribution in [0, 0.1) is 3.57 Å². The van der Waals surface area contributed by atoms with E-state index in [-0.39, 0.29) is 11.5 Å². The number of halogens is 1. The number of ketones is 1. The Hall–Kier alpha value is -1.41. The van der Waals surface area contributed by atoms with E-state index in [1.807, 2.05) is 12.1 Å². The average molecular weight is 415 g/mol. The first kappa shape index (κ1) is 16.0. The van der Waals surface area contributed by atoms with Crippen LogP contribution in [0.25, 0.3) is 0 Å². The molecule has 110 valence electrons. The van der Waals surface area contributed by atoms with Gasteiger partial charge in [-0.1, -0.05) is 0 Å². The molecule has 0 bridgehead atoms. The molecule has 4 nitrogen and oxygen atoms in total. The van der Waals surface area contributed by atoms with E-state index in [2.05, 4.69) is 27.3 Å². The molecule has 0 atom stereocenters. The molecule has 0 aliphatic rings. The average Bonchev–Trinajstić information content (AvgIpc) is 2.48. The van der Waals surface area contributed by atoms with E-state index in [0.29, 0.717) is 16.8 Å². The van der Waals surface area contributed by atoms with E-state index in [1.165, 1.54) is 0 Å². The first-order valence-electron chi connectivity index (χ1n) is 6.32. The van der Waals surface area contributed by atoms with Crippen molar-refractivity contribution in [1.29, 1.82) is 0 Å². The van der Waals surface area contributed by atoms with Gasteiger partial charge in [-0.3, -0.25) is 9.52 Å². The fraction of sp³-hybridized carbons (Fsp3) is 0.133. The zero-order chi connectivity index (χ0) is 15.5. The molecule has 0 fully saturated rings. The van der Waals surface area contributed by atoms with Crippen molar-refractivity contribution in [2.45, 2.75) is 6.92 Å². The molecule has 2 aromatic rings. The maximum atomic E-state index is 12.3. The number of rotatable bonds is 5. The predicted octanol–water partition coefficient (Wildman–Crippen LogP) is 3.28. The molecule has 0 aliphatic heterocycles. The Kier molecular flexibility index (Phi) is 5.00. The third-order valence-electron chi connectivity index (χ3n) is 2.91. The molecule has 0 unspecified atom stereocenters. The summed E-state index contributed by atoms with van der Waals surface area (Å²) in [5.74, 6) is -0.0765. The molecule has 6 heteroatoms. The summed E-state index contributed by atoms with van der Waals surface area (Å²) in [6.45, 7) is 1.57. The van der Waals surface area contributed by atoms with Gasteiger partial charge in [0.25, 0.3) is 0 Å². The number of hydrogen-bond donors (Lipinski definition) is 1. The van der Waals surface area contributed by atoms with Crippen LogP contribution in [-0.2, 0) is 10.0 Å². The van der Waals surface area contributed by atoms with E-state index >= 15 is 0 Å². The van der Waals surface area contributed by atoms with Crippen molar-refractivity contribution in [2.75, 3.05) is 10.5 Å². The number of nitrogens with one attached hydrogen (secondary N) is 1. The zero-order valence-electron chi connectivity index (χ0n) is 11.3. The van der Waals surface area contributed by atoms with E-state index in [0.717, 1.165) is 3.57 Å². The Labute approximate surface area is 137 Å². The number of carbonyl (C=O) groups excluding carboxylic acids is 1. The van der Waals surface area contributed by atoms with E-state index in [1.54, 1.807) is 43.3 Å². The fourth-order valence-corrected chi connectivity index (χ4v) is 2.71. The highest BCUT2D eigenvalue weighted by Gasteiger charge is 2.10. The molecule has 21 heavy (non-hydrogen) atoms. The molecule has 0 amide bonds. The summed E-state index contributed by atoms with van der Waals surface area (Å²) in [5, 5.41) is 0. The summed E-state index contributed by atoms with van der Waals surface area (Å²) in [5.41, 5.74) is 1.59. The van der Waals surface area contributed by atoms with Gasteiger partial charge in [-0.15, -0.1) is 0 Å². The minimum atomic E-state index is -3.30. The van der Waals surface area contributed by atoms with Crippen LogP contribution in [0.5, 0.6) is 0 Å². The Morgan fingerprint density at radius 1 is 1.00 bits per heavy atom. The first-order chi connectivity index (χ1) is 9.91. The van der Waals surface area contributed by atoms with Gasteiger partial charge in [0.2, 0.25) is 10.0 Å². The number of sulfonamides is 1. The highest BCUT2D eigenvalue weighted by molar-refractivity contribution is 14.1. The molecule has 0 spiro atoms. The van der Waals surface area contributed by atoms with E-state index in [4.69, 9.17) is 0 Å². The number of anilines is 1. The first-order valence-corrected chi connectivity index (χ1v) is 9.05. The molecule has 2 aromatic carbocycles. The largest absolute Gasteiger partial charge is 0.289 e. The van der Waals surface area contributed by atoms with Crippen molar-refractivity contribution in [3.05, 3.63) is 63.2 Å². The molecule has 0 aromatic heterocycles. The Morgan fingerprint density at radius 3 is 1.95 bits per heavy atom. The third-order valence-corrected chi connectivity index (χ3v) is 4.93. The SMILES string of the molecule is CCS(=O)(=O)Nc1ccc(C(=O)c2ccc(I)cc2)cc1. The molecule has 0 saturated carbocycles. The zero-order valence-corrected chi connectivity index (χ0v) is 14.3. The van der Waals surface area contributed by atoms with Crippen molar-refractivity contribution >= 4 is 44.1 Å². The normalized spacial score (nSPS) is 11.1. The summed E-state index contributed by atoms with van der Waals surface area (Å²) in [6, 6.07) is 13.7. The van der Waals surface area contributed by atoms with Crippen LogP contribution < -0.4 is 4.72 Å². The highest BCUT2D eigenvalue weighted by atomic mass is 127. The van der Waals surface area contributed by atoms with Gasteiger partial charge in [0, 0.05) is 20.4 Å². The van der Waals surface area contributed by atoms with E-state index in [9.17, 15) is 13.2 Å². The van der Waals surface area contributed by atoms with Crippen molar-refractivity contribution in [2.24, 2.45) is 0 Å². The summed E-state index contributed by atoms with van der Waals surface area (Å²) < 4.78 is 26.4. The van der Waals surface area contributed by atoms with Gasteiger partial charge in [-0.2, -0.15) is 0 Å². The minimum absolute atomic E-state index is 0.0103. The lowest BCUT2D eigenvalue weighted by atomic mass is 10.0. The second kappa shape index (κ2) is 6.57. The summed E-state index contributed by atoms with van der Waals surface area (Å²) in [4.78, 5) is 12.3. The Morgan fingerprint density at radius 2 is 1.48 bits per heavy atom. The monoisotopic (exact) mass is 415 g/mol. The summed E-state index contributed by atoms with van der Waals surface area (Å²) in [7, 11) is -3.30. The van der Waals surface area contributed by atoms with Crippen LogP contribution in [0.2, 0.25) is 0 Å². The predicted molar refractivity (Wildman–Crippen MR) is 92.1 cm³/mol. The highest BCUT2D eigenvalue weighted by Crippen LogP contribution is 2.16. The lowest BCUT2D eigenvalue weighted by Gasteiger charge is -2.07. The van der Waals surface area contributed by atoms with Crippen LogP contribution in [0.4, 0.5) is 5.69 Å². The molecule has 0 saturated heterocycles. The molecule has 2 rings (SSSR count). The number of carbonyl (C=O) groups is 1. The van der Waals surface area contributed by atoms with Crippen LogP contribution in [-0.4, -0.2) is 20.0 Å². The smallest absolute Gasteiger partial charge is 0.232 e. The summed E-state index contributed by atoms with van der Waals surface area (Å²) >= 11 is 2.18. The molecule has 0 heterocycles. The van der Waals surface area contributed by atoms with Gasteiger partial charge < -0.3 is 0 Å². The Balaban J connectivity index is 2.19. The van der Waals surface area contributed by atoms with E-state index < -0.39 is 10.0 Å². The van der Waals surface area contributed by atoms with Crippen molar-refractivity contribution in [1.82, 2.24) is 0 Å². The second-order valence-corrected chi connectivity index (χ2v) is 7.68. The molecular formula is C15H14INO3S. The van der Waals surface area contributed by atoms with Crippen LogP contribution in [0.1, 0.15) is 22.8 Å². The van der Waals surface area contributed by atoms with Crippen molar-refractivity contribution < 1.29 is 13.2 Å². The number of benzene rings is 2. The molecule has 1 N–H and O–H groups in total. The molecular weight excluding hydrogens is 401 g/mol. The van der Waals surface area contributed by atoms with Gasteiger partial charge in [0.05, 0.1) is 5.75 Å². The quantitative estimate of drug-likeness (QED) is 0.602. The van der Waals surface area contributed by atoms with Crippen molar-refractivity contribution in [3.8, 4) is 0 Å².